The van der Waals surface area contributed by atoms with E-state index in [0.717, 1.165) is 41.4 Å². The smallest absolute Gasteiger partial charge is 0.263 e. The summed E-state index contributed by atoms with van der Waals surface area (Å²) in [6, 6.07) is 16.7. The molecule has 0 N–H and O–H groups in total. The Kier molecular flexibility index (Phi) is 7.73. The maximum atomic E-state index is 14.0. The van der Waals surface area contributed by atoms with Crippen LogP contribution in [0.5, 0.6) is 11.5 Å². The van der Waals surface area contributed by atoms with Crippen molar-refractivity contribution in [3.63, 3.8) is 0 Å². The number of benzene rings is 2. The second-order valence-electron chi connectivity index (χ2n) is 10.2. The predicted molar refractivity (Wildman–Crippen MR) is 140 cm³/mol. The van der Waals surface area contributed by atoms with Gasteiger partial charge in [-0.3, -0.25) is 9.58 Å². The quantitative estimate of drug-likeness (QED) is 0.404. The number of ether oxygens (including phenoxy) is 2. The number of hydrogen-bond acceptors (Lipinski definition) is 6. The molecule has 1 saturated heterocycles. The van der Waals surface area contributed by atoms with Gasteiger partial charge in [-0.05, 0) is 75.7 Å². The van der Waals surface area contributed by atoms with Crippen LogP contribution < -0.4 is 9.47 Å². The van der Waals surface area contributed by atoms with E-state index in [-0.39, 0.29) is 23.7 Å². The van der Waals surface area contributed by atoms with Gasteiger partial charge in [-0.1, -0.05) is 24.3 Å². The summed E-state index contributed by atoms with van der Waals surface area (Å²) in [7, 11) is -0.675. The number of rotatable bonds is 10. The van der Waals surface area contributed by atoms with Gasteiger partial charge in [0.15, 0.2) is 5.03 Å². The van der Waals surface area contributed by atoms with E-state index >= 15 is 0 Å². The fourth-order valence-electron chi connectivity index (χ4n) is 4.21. The lowest BCUT2D eigenvalue weighted by molar-refractivity contribution is 0.162. The Balaban J connectivity index is 1.70. The van der Waals surface area contributed by atoms with E-state index in [2.05, 4.69) is 10.00 Å². The normalized spacial score (nSPS) is 14.6. The fourth-order valence-corrected chi connectivity index (χ4v) is 5.58. The van der Waals surface area contributed by atoms with E-state index in [1.165, 1.54) is 10.7 Å². The zero-order valence-corrected chi connectivity index (χ0v) is 22.6. The van der Waals surface area contributed by atoms with Gasteiger partial charge in [0.25, 0.3) is 10.0 Å². The second-order valence-corrected chi connectivity index (χ2v) is 12.0. The zero-order valence-electron chi connectivity index (χ0n) is 21.8. The van der Waals surface area contributed by atoms with Crippen molar-refractivity contribution in [1.82, 2.24) is 19.0 Å². The van der Waals surface area contributed by atoms with Crippen molar-refractivity contribution in [2.75, 3.05) is 27.3 Å². The largest absolute Gasteiger partial charge is 0.497 e. The van der Waals surface area contributed by atoms with E-state index in [9.17, 15) is 8.42 Å². The van der Waals surface area contributed by atoms with Crippen LogP contribution in [0.25, 0.3) is 0 Å². The van der Waals surface area contributed by atoms with E-state index in [1.54, 1.807) is 20.3 Å². The maximum absolute atomic E-state index is 14.0. The lowest BCUT2D eigenvalue weighted by atomic mass is 10.1. The molecular formula is C27H36N4O4S. The lowest BCUT2D eigenvalue weighted by Gasteiger charge is -2.32. The molecule has 0 bridgehead atoms. The van der Waals surface area contributed by atoms with Crippen LogP contribution in [0, 0.1) is 0 Å². The summed E-state index contributed by atoms with van der Waals surface area (Å²) in [5.74, 6) is 1.45. The molecule has 2 heterocycles. The Bertz CT molecular complexity index is 1210. The summed E-state index contributed by atoms with van der Waals surface area (Å²) >= 11 is 0. The molecule has 0 aliphatic carbocycles. The molecule has 4 rings (SSSR count). The minimum absolute atomic E-state index is 0.0787. The number of nitrogens with zero attached hydrogens (tertiary/aromatic N) is 4. The molecular weight excluding hydrogens is 476 g/mol. The van der Waals surface area contributed by atoms with E-state index < -0.39 is 10.0 Å². The number of methoxy groups -OCH3 is 2. The third-order valence-corrected chi connectivity index (χ3v) is 8.04. The number of aromatic nitrogens is 2. The summed E-state index contributed by atoms with van der Waals surface area (Å²) in [5.41, 5.74) is 2.30. The van der Waals surface area contributed by atoms with Crippen molar-refractivity contribution in [2.45, 2.75) is 57.4 Å². The summed E-state index contributed by atoms with van der Waals surface area (Å²) in [5, 5.41) is 4.72. The van der Waals surface area contributed by atoms with Crippen LogP contribution in [0.4, 0.5) is 0 Å². The molecule has 0 amide bonds. The number of hydrogen-bond donors (Lipinski definition) is 0. The molecule has 0 spiro atoms. The average Bonchev–Trinajstić information content (AvgIpc) is 3.28. The molecule has 0 unspecified atom stereocenters. The molecule has 194 valence electrons. The van der Waals surface area contributed by atoms with Crippen molar-refractivity contribution in [3.8, 4) is 11.5 Å². The molecule has 3 aromatic rings. The highest BCUT2D eigenvalue weighted by Crippen LogP contribution is 2.27. The van der Waals surface area contributed by atoms with E-state index in [0.29, 0.717) is 6.54 Å². The van der Waals surface area contributed by atoms with Gasteiger partial charge >= 0.3 is 0 Å². The number of likely N-dealkylation sites (tertiary alicyclic amines) is 1. The first-order chi connectivity index (χ1) is 17.1. The Labute approximate surface area is 214 Å². The maximum Gasteiger partial charge on any atom is 0.263 e. The lowest BCUT2D eigenvalue weighted by Crippen LogP contribution is -2.38. The highest BCUT2D eigenvalue weighted by molar-refractivity contribution is 7.89. The summed E-state index contributed by atoms with van der Waals surface area (Å²) < 4.78 is 41.9. The van der Waals surface area contributed by atoms with Gasteiger partial charge in [-0.2, -0.15) is 9.40 Å². The Hall–Kier alpha value is -2.88. The molecule has 1 aliphatic rings. The molecule has 9 heteroatoms. The van der Waals surface area contributed by atoms with Gasteiger partial charge in [-0.15, -0.1) is 0 Å². The van der Waals surface area contributed by atoms with E-state index in [4.69, 9.17) is 9.47 Å². The average molecular weight is 513 g/mol. The molecule has 1 aliphatic heterocycles. The summed E-state index contributed by atoms with van der Waals surface area (Å²) in [6.07, 6.45) is 1.17. The van der Waals surface area contributed by atoms with Gasteiger partial charge in [-0.25, -0.2) is 8.42 Å². The van der Waals surface area contributed by atoms with Crippen molar-refractivity contribution >= 4 is 10.0 Å². The van der Waals surface area contributed by atoms with Crippen LogP contribution in [-0.2, 0) is 35.2 Å². The van der Waals surface area contributed by atoms with Crippen LogP contribution in [0.2, 0.25) is 0 Å². The van der Waals surface area contributed by atoms with E-state index in [1.807, 2.05) is 74.0 Å². The molecule has 0 saturated carbocycles. The Morgan fingerprint density at radius 1 is 0.889 bits per heavy atom. The van der Waals surface area contributed by atoms with Crippen LogP contribution >= 0.6 is 0 Å². The van der Waals surface area contributed by atoms with Gasteiger partial charge in [0, 0.05) is 25.7 Å². The molecule has 0 atom stereocenters. The highest BCUT2D eigenvalue weighted by atomic mass is 32.2. The highest BCUT2D eigenvalue weighted by Gasteiger charge is 2.32. The Morgan fingerprint density at radius 2 is 1.39 bits per heavy atom. The Morgan fingerprint density at radius 3 is 1.78 bits per heavy atom. The van der Waals surface area contributed by atoms with Gasteiger partial charge in [0.1, 0.15) is 11.5 Å². The van der Waals surface area contributed by atoms with Crippen molar-refractivity contribution < 1.29 is 17.9 Å². The zero-order chi connectivity index (χ0) is 25.9. The third kappa shape index (κ3) is 5.91. The topological polar surface area (TPSA) is 76.9 Å². The molecule has 2 aromatic carbocycles. The second kappa shape index (κ2) is 10.6. The molecule has 1 fully saturated rings. The third-order valence-electron chi connectivity index (χ3n) is 6.37. The van der Waals surface area contributed by atoms with Crippen LogP contribution in [0.3, 0.4) is 0 Å². The van der Waals surface area contributed by atoms with Gasteiger partial charge in [0.2, 0.25) is 0 Å². The summed E-state index contributed by atoms with van der Waals surface area (Å²) in [6.45, 7) is 9.30. The molecule has 36 heavy (non-hydrogen) atoms. The minimum Gasteiger partial charge on any atom is -0.497 e. The van der Waals surface area contributed by atoms with Crippen molar-refractivity contribution in [3.05, 3.63) is 71.4 Å². The monoisotopic (exact) mass is 512 g/mol. The first-order valence-corrected chi connectivity index (χ1v) is 13.6. The van der Waals surface area contributed by atoms with Crippen LogP contribution in [0.1, 0.15) is 44.0 Å². The predicted octanol–water partition coefficient (Wildman–Crippen LogP) is 4.25. The standard InChI is InChI=1S/C27H36N4O4S/c1-27(2,3)31-23(20-29-15-6-16-29)17-26(28-31)36(32,33)30(18-21-7-11-24(34-4)12-8-21)19-22-9-13-25(35-5)14-10-22/h7-14,17H,6,15-16,18-20H2,1-5H3. The summed E-state index contributed by atoms with van der Waals surface area (Å²) in [4.78, 5) is 2.31. The first-order valence-electron chi connectivity index (χ1n) is 12.2. The van der Waals surface area contributed by atoms with Crippen molar-refractivity contribution in [2.24, 2.45) is 0 Å². The molecule has 0 radical (unpaired) electrons. The van der Waals surface area contributed by atoms with Gasteiger partial charge in [0.05, 0.1) is 25.5 Å². The molecule has 8 nitrogen and oxygen atoms in total. The SMILES string of the molecule is COc1ccc(CN(Cc2ccc(OC)cc2)S(=O)(=O)c2cc(CN3CCC3)n(C(C)(C)C)n2)cc1. The van der Waals surface area contributed by atoms with Crippen molar-refractivity contribution in [1.29, 1.82) is 0 Å². The van der Waals surface area contributed by atoms with Gasteiger partial charge < -0.3 is 9.47 Å². The molecule has 1 aromatic heterocycles. The first kappa shape index (κ1) is 26.2. The fraction of sp³-hybridized carbons (Fsp3) is 0.444. The van der Waals surface area contributed by atoms with Crippen LogP contribution in [-0.4, -0.2) is 54.7 Å². The minimum atomic E-state index is -3.89. The van der Waals surface area contributed by atoms with Crippen LogP contribution in [0.15, 0.2) is 59.6 Å². The number of sulfonamides is 1.